The van der Waals surface area contributed by atoms with Crippen molar-refractivity contribution < 1.29 is 9.59 Å². The molecule has 0 radical (unpaired) electrons. The molecule has 7 heteroatoms. The maximum Gasteiger partial charge on any atom is 0.254 e. The number of fused-ring (bicyclic) bond motifs is 1. The lowest BCUT2D eigenvalue weighted by Gasteiger charge is -2.39. The lowest BCUT2D eigenvalue weighted by atomic mass is 9.98. The summed E-state index contributed by atoms with van der Waals surface area (Å²) in [6, 6.07) is 17.4. The Morgan fingerprint density at radius 1 is 1.09 bits per heavy atom. The van der Waals surface area contributed by atoms with E-state index in [2.05, 4.69) is 28.6 Å². The molecule has 162 valence electrons. The van der Waals surface area contributed by atoms with E-state index in [4.69, 9.17) is 0 Å². The highest BCUT2D eigenvalue weighted by Gasteiger charge is 2.36. The Morgan fingerprint density at radius 3 is 2.78 bits per heavy atom. The predicted octanol–water partition coefficient (Wildman–Crippen LogP) is 3.83. The molecular weight excluding hydrogens is 420 g/mol. The summed E-state index contributed by atoms with van der Waals surface area (Å²) in [5.41, 5.74) is 4.48. The number of aryl methyl sites for hydroxylation is 1. The van der Waals surface area contributed by atoms with Gasteiger partial charge in [0.2, 0.25) is 5.91 Å². The smallest absolute Gasteiger partial charge is 0.254 e. The Bertz CT molecular complexity index is 1290. The first-order valence-electron chi connectivity index (χ1n) is 10.6. The van der Waals surface area contributed by atoms with Crippen molar-refractivity contribution in [3.63, 3.8) is 0 Å². The molecule has 2 amide bonds. The topological polar surface area (TPSA) is 58.4 Å². The zero-order valence-corrected chi connectivity index (χ0v) is 18.9. The zero-order valence-electron chi connectivity index (χ0n) is 18.1. The van der Waals surface area contributed by atoms with Crippen molar-refractivity contribution in [2.24, 2.45) is 7.05 Å². The van der Waals surface area contributed by atoms with Crippen LogP contribution in [0.15, 0.2) is 66.3 Å². The number of carbonyl (C=O) groups is 2. The van der Waals surface area contributed by atoms with Gasteiger partial charge in [-0.1, -0.05) is 30.3 Å². The molecule has 0 saturated carbocycles. The van der Waals surface area contributed by atoms with Gasteiger partial charge in [-0.15, -0.1) is 11.3 Å². The normalized spacial score (nSPS) is 16.7. The third-order valence-corrected chi connectivity index (χ3v) is 7.03. The molecule has 4 aromatic rings. The van der Waals surface area contributed by atoms with Crippen molar-refractivity contribution in [3.8, 4) is 10.4 Å². The van der Waals surface area contributed by atoms with Gasteiger partial charge < -0.3 is 14.4 Å². The number of likely N-dealkylation sites (N-methyl/N-ethyl adjacent to an activating group) is 1. The van der Waals surface area contributed by atoms with Crippen molar-refractivity contribution in [3.05, 3.63) is 77.4 Å². The van der Waals surface area contributed by atoms with E-state index in [1.165, 1.54) is 4.88 Å². The second kappa shape index (κ2) is 8.24. The first-order chi connectivity index (χ1) is 15.5. The van der Waals surface area contributed by atoms with Gasteiger partial charge >= 0.3 is 0 Å². The maximum atomic E-state index is 13.5. The fourth-order valence-electron chi connectivity index (χ4n) is 4.30. The fourth-order valence-corrected chi connectivity index (χ4v) is 5.03. The van der Waals surface area contributed by atoms with E-state index in [1.807, 2.05) is 48.0 Å². The summed E-state index contributed by atoms with van der Waals surface area (Å²) in [6.45, 7) is 1.04. The van der Waals surface area contributed by atoms with Gasteiger partial charge in [-0.05, 0) is 40.8 Å². The van der Waals surface area contributed by atoms with Crippen LogP contribution < -0.4 is 0 Å². The van der Waals surface area contributed by atoms with E-state index >= 15 is 0 Å². The maximum absolute atomic E-state index is 13.5. The third-order valence-electron chi connectivity index (χ3n) is 6.11. The summed E-state index contributed by atoms with van der Waals surface area (Å²) in [5, 5.41) is 2.06. The van der Waals surface area contributed by atoms with Crippen LogP contribution in [0.3, 0.4) is 0 Å². The quantitative estimate of drug-likeness (QED) is 0.481. The van der Waals surface area contributed by atoms with Gasteiger partial charge in [-0.3, -0.25) is 9.59 Å². The number of benzene rings is 2. The summed E-state index contributed by atoms with van der Waals surface area (Å²) in [5.74, 6) is -0.150. The van der Waals surface area contributed by atoms with E-state index in [1.54, 1.807) is 34.5 Å². The van der Waals surface area contributed by atoms with Crippen LogP contribution in [0.4, 0.5) is 0 Å². The van der Waals surface area contributed by atoms with Gasteiger partial charge in [0.25, 0.3) is 5.91 Å². The minimum absolute atomic E-state index is 0.0231. The van der Waals surface area contributed by atoms with E-state index in [9.17, 15) is 9.59 Å². The summed E-state index contributed by atoms with van der Waals surface area (Å²) < 4.78 is 1.92. The van der Waals surface area contributed by atoms with Crippen LogP contribution in [0.5, 0.6) is 0 Å². The molecule has 2 aromatic carbocycles. The van der Waals surface area contributed by atoms with Crippen LogP contribution in [0, 0.1) is 0 Å². The number of thiophene rings is 1. The average Bonchev–Trinajstić information content (AvgIpc) is 3.47. The molecule has 5 rings (SSSR count). The number of imidazole rings is 1. The van der Waals surface area contributed by atoms with E-state index in [0.29, 0.717) is 25.1 Å². The largest absolute Gasteiger partial charge is 0.342 e. The van der Waals surface area contributed by atoms with Crippen LogP contribution in [-0.2, 0) is 18.3 Å². The number of hydrogen-bond acceptors (Lipinski definition) is 4. The number of amides is 2. The standard InChI is InChI=1S/C25H24N4O2S/c1-27-10-11-29(24(30)19-8-9-21-20(15-19)26-16-28(21)2)22(25(27)31)14-17-5-3-6-18(13-17)23-7-4-12-32-23/h3-9,12-13,15-16,22H,10-11,14H2,1-2H3. The van der Waals surface area contributed by atoms with Gasteiger partial charge in [0, 0.05) is 44.0 Å². The van der Waals surface area contributed by atoms with Crippen LogP contribution >= 0.6 is 11.3 Å². The first-order valence-corrected chi connectivity index (χ1v) is 11.5. The molecule has 6 nitrogen and oxygen atoms in total. The van der Waals surface area contributed by atoms with Gasteiger partial charge in [0.15, 0.2) is 0 Å². The average molecular weight is 445 g/mol. The number of nitrogens with zero attached hydrogens (tertiary/aromatic N) is 4. The molecule has 0 bridgehead atoms. The van der Waals surface area contributed by atoms with Gasteiger partial charge in [-0.2, -0.15) is 0 Å². The summed E-state index contributed by atoms with van der Waals surface area (Å²) in [6.07, 6.45) is 2.22. The molecule has 32 heavy (non-hydrogen) atoms. The number of rotatable bonds is 4. The van der Waals surface area contributed by atoms with Crippen molar-refractivity contribution in [1.82, 2.24) is 19.4 Å². The highest BCUT2D eigenvalue weighted by Crippen LogP contribution is 2.27. The van der Waals surface area contributed by atoms with Crippen LogP contribution in [0.2, 0.25) is 0 Å². The molecule has 2 aromatic heterocycles. The van der Waals surface area contributed by atoms with Crippen LogP contribution in [0.25, 0.3) is 21.5 Å². The summed E-state index contributed by atoms with van der Waals surface area (Å²) in [4.78, 5) is 35.6. The molecule has 0 aliphatic carbocycles. The van der Waals surface area contributed by atoms with Crippen molar-refractivity contribution in [2.75, 3.05) is 20.1 Å². The molecule has 1 atom stereocenters. The zero-order chi connectivity index (χ0) is 22.2. The Morgan fingerprint density at radius 2 is 1.97 bits per heavy atom. The first kappa shape index (κ1) is 20.5. The summed E-state index contributed by atoms with van der Waals surface area (Å²) >= 11 is 1.69. The lowest BCUT2D eigenvalue weighted by Crippen LogP contribution is -2.58. The minimum Gasteiger partial charge on any atom is -0.342 e. The second-order valence-electron chi connectivity index (χ2n) is 8.21. The Labute approximate surface area is 190 Å². The molecule has 1 saturated heterocycles. The molecule has 0 spiro atoms. The number of piperazine rings is 1. The predicted molar refractivity (Wildman–Crippen MR) is 127 cm³/mol. The molecule has 1 aliphatic heterocycles. The van der Waals surface area contributed by atoms with Crippen molar-refractivity contribution >= 4 is 34.2 Å². The molecule has 0 N–H and O–H groups in total. The second-order valence-corrected chi connectivity index (χ2v) is 9.16. The van der Waals surface area contributed by atoms with Gasteiger partial charge in [0.1, 0.15) is 6.04 Å². The molecular formula is C25H24N4O2S. The highest BCUT2D eigenvalue weighted by atomic mass is 32.1. The molecule has 1 aliphatic rings. The van der Waals surface area contributed by atoms with Gasteiger partial charge in [-0.25, -0.2) is 4.98 Å². The third kappa shape index (κ3) is 3.69. The van der Waals surface area contributed by atoms with Crippen LogP contribution in [-0.4, -0.2) is 57.3 Å². The minimum atomic E-state index is -0.528. The Balaban J connectivity index is 1.45. The highest BCUT2D eigenvalue weighted by molar-refractivity contribution is 7.13. The number of aromatic nitrogens is 2. The molecule has 1 unspecified atom stereocenters. The van der Waals surface area contributed by atoms with Crippen LogP contribution in [0.1, 0.15) is 15.9 Å². The molecule has 3 heterocycles. The Kier molecular flexibility index (Phi) is 5.27. The van der Waals surface area contributed by atoms with Crippen molar-refractivity contribution in [2.45, 2.75) is 12.5 Å². The Hall–Kier alpha value is -3.45. The number of carbonyl (C=O) groups excluding carboxylic acids is 2. The van der Waals surface area contributed by atoms with E-state index in [0.717, 1.165) is 22.2 Å². The fraction of sp³-hybridized carbons (Fsp3) is 0.240. The van der Waals surface area contributed by atoms with Gasteiger partial charge in [0.05, 0.1) is 17.4 Å². The molecule has 1 fully saturated rings. The van der Waals surface area contributed by atoms with E-state index < -0.39 is 6.04 Å². The monoisotopic (exact) mass is 444 g/mol. The lowest BCUT2D eigenvalue weighted by molar-refractivity contribution is -0.138. The van der Waals surface area contributed by atoms with Crippen molar-refractivity contribution in [1.29, 1.82) is 0 Å². The SMILES string of the molecule is CN1CCN(C(=O)c2ccc3c(c2)ncn3C)C(Cc2cccc(-c3cccs3)c2)C1=O. The number of hydrogen-bond donors (Lipinski definition) is 0. The van der Waals surface area contributed by atoms with E-state index in [-0.39, 0.29) is 11.8 Å². The summed E-state index contributed by atoms with van der Waals surface area (Å²) in [7, 11) is 3.73.